The van der Waals surface area contributed by atoms with Gasteiger partial charge in [-0.15, -0.1) is 0 Å². The minimum absolute atomic E-state index is 0.811. The van der Waals surface area contributed by atoms with Gasteiger partial charge in [-0.2, -0.15) is 0 Å². The molecule has 0 N–H and O–H groups in total. The van der Waals surface area contributed by atoms with Crippen LogP contribution in [0.3, 0.4) is 0 Å². The van der Waals surface area contributed by atoms with E-state index in [4.69, 9.17) is 12.2 Å². The summed E-state index contributed by atoms with van der Waals surface area (Å²) in [5.41, 5.74) is 8.01. The number of hydrogen-bond acceptors (Lipinski definition) is 1. The highest BCUT2D eigenvalue weighted by Crippen LogP contribution is 2.26. The topological polar surface area (TPSA) is 0 Å². The van der Waals surface area contributed by atoms with Gasteiger partial charge in [-0.3, -0.25) is 0 Å². The van der Waals surface area contributed by atoms with Crippen molar-refractivity contribution in [3.63, 3.8) is 0 Å². The van der Waals surface area contributed by atoms with E-state index in [0.717, 1.165) is 21.6 Å². The van der Waals surface area contributed by atoms with Gasteiger partial charge in [-0.1, -0.05) is 134 Å². The van der Waals surface area contributed by atoms with Crippen molar-refractivity contribution in [1.82, 2.24) is 0 Å². The molecule has 0 saturated carbocycles. The van der Waals surface area contributed by atoms with E-state index >= 15 is 0 Å². The fraction of sp³-hybridized carbons (Fsp3) is 0. The van der Waals surface area contributed by atoms with Crippen LogP contribution in [0.25, 0.3) is 27.8 Å². The Morgan fingerprint density at radius 3 is 1.47 bits per heavy atom. The lowest BCUT2D eigenvalue weighted by Gasteiger charge is -2.08. The SMILES string of the molecule is C=C/C(=C\C(=S)c1ccccc1)c1ccc(-c2ccc(-c3ccccc3)cc2)cc1. The van der Waals surface area contributed by atoms with Crippen LogP contribution in [-0.2, 0) is 0 Å². The Hall–Kier alpha value is -3.55. The van der Waals surface area contributed by atoms with Crippen LogP contribution in [0.5, 0.6) is 0 Å². The molecule has 144 valence electrons. The van der Waals surface area contributed by atoms with Crippen LogP contribution in [0.15, 0.2) is 128 Å². The lowest BCUT2D eigenvalue weighted by molar-refractivity contribution is 1.57. The number of allylic oxidation sites excluding steroid dienone is 3. The maximum atomic E-state index is 5.59. The second-order valence-electron chi connectivity index (χ2n) is 7.05. The summed E-state index contributed by atoms with van der Waals surface area (Å²) in [6.07, 6.45) is 3.88. The molecule has 0 aliphatic heterocycles. The standard InChI is InChI=1S/C29H22S/c1-2-22(21-29(30)28-11-7-4-8-12-28)24-13-15-26(16-14-24)27-19-17-25(18-20-27)23-9-5-3-6-10-23/h2-21H,1H2/b22-21+. The zero-order valence-corrected chi connectivity index (χ0v) is 17.5. The monoisotopic (exact) mass is 402 g/mol. The molecule has 0 aliphatic rings. The Kier molecular flexibility index (Phi) is 6.12. The van der Waals surface area contributed by atoms with Crippen molar-refractivity contribution in [2.45, 2.75) is 0 Å². The lowest BCUT2D eigenvalue weighted by atomic mass is 9.97. The lowest BCUT2D eigenvalue weighted by Crippen LogP contribution is -1.94. The minimum Gasteiger partial charge on any atom is -0.0984 e. The summed E-state index contributed by atoms with van der Waals surface area (Å²) in [7, 11) is 0. The van der Waals surface area contributed by atoms with E-state index in [1.165, 1.54) is 22.3 Å². The van der Waals surface area contributed by atoms with E-state index in [9.17, 15) is 0 Å². The van der Waals surface area contributed by atoms with Gasteiger partial charge in [0.25, 0.3) is 0 Å². The van der Waals surface area contributed by atoms with E-state index in [0.29, 0.717) is 0 Å². The van der Waals surface area contributed by atoms with E-state index in [-0.39, 0.29) is 0 Å². The van der Waals surface area contributed by atoms with E-state index in [1.807, 2.05) is 48.6 Å². The van der Waals surface area contributed by atoms with Crippen LogP contribution >= 0.6 is 12.2 Å². The maximum absolute atomic E-state index is 5.59. The largest absolute Gasteiger partial charge is 0.0984 e. The second-order valence-corrected chi connectivity index (χ2v) is 7.49. The van der Waals surface area contributed by atoms with Gasteiger partial charge in [0.2, 0.25) is 0 Å². The van der Waals surface area contributed by atoms with Gasteiger partial charge >= 0.3 is 0 Å². The van der Waals surface area contributed by atoms with Crippen molar-refractivity contribution >= 4 is 22.7 Å². The van der Waals surface area contributed by atoms with Crippen LogP contribution in [0.1, 0.15) is 11.1 Å². The van der Waals surface area contributed by atoms with Crippen LogP contribution in [0, 0.1) is 0 Å². The van der Waals surface area contributed by atoms with Gasteiger partial charge in [0, 0.05) is 4.86 Å². The highest BCUT2D eigenvalue weighted by atomic mass is 32.1. The predicted octanol–water partition coefficient (Wildman–Crippen LogP) is 8.01. The molecular formula is C29H22S. The maximum Gasteiger partial charge on any atom is 0.0455 e. The smallest absolute Gasteiger partial charge is 0.0455 e. The van der Waals surface area contributed by atoms with Crippen molar-refractivity contribution in [1.29, 1.82) is 0 Å². The Bertz CT molecular complexity index is 1170. The molecule has 4 aromatic rings. The fourth-order valence-corrected chi connectivity index (χ4v) is 3.69. The van der Waals surface area contributed by atoms with Gasteiger partial charge in [-0.05, 0) is 45.0 Å². The summed E-state index contributed by atoms with van der Waals surface area (Å²) in [5, 5.41) is 0. The van der Waals surface area contributed by atoms with Crippen molar-refractivity contribution in [2.75, 3.05) is 0 Å². The molecule has 30 heavy (non-hydrogen) atoms. The normalized spacial score (nSPS) is 11.1. The van der Waals surface area contributed by atoms with E-state index in [1.54, 1.807) is 0 Å². The summed E-state index contributed by atoms with van der Waals surface area (Å²) >= 11 is 5.59. The molecule has 0 heterocycles. The van der Waals surface area contributed by atoms with Crippen LogP contribution in [0.4, 0.5) is 0 Å². The molecule has 0 atom stereocenters. The van der Waals surface area contributed by atoms with Crippen molar-refractivity contribution < 1.29 is 0 Å². The number of thiocarbonyl (C=S) groups is 1. The van der Waals surface area contributed by atoms with E-state index in [2.05, 4.69) is 79.4 Å². The van der Waals surface area contributed by atoms with Crippen molar-refractivity contribution in [2.24, 2.45) is 0 Å². The molecule has 0 bridgehead atoms. The minimum atomic E-state index is 0.811. The van der Waals surface area contributed by atoms with Gasteiger partial charge in [0.15, 0.2) is 0 Å². The third-order valence-electron chi connectivity index (χ3n) is 5.11. The highest BCUT2D eigenvalue weighted by molar-refractivity contribution is 7.81. The first kappa shape index (κ1) is 19.8. The first-order valence-corrected chi connectivity index (χ1v) is 10.4. The number of benzene rings is 4. The first-order chi connectivity index (χ1) is 14.7. The van der Waals surface area contributed by atoms with Crippen molar-refractivity contribution in [3.8, 4) is 22.3 Å². The summed E-state index contributed by atoms with van der Waals surface area (Å²) in [6, 6.07) is 37.7. The van der Waals surface area contributed by atoms with Gasteiger partial charge in [-0.25, -0.2) is 0 Å². The first-order valence-electron chi connectivity index (χ1n) is 9.94. The fourth-order valence-electron chi connectivity index (χ4n) is 3.43. The van der Waals surface area contributed by atoms with Gasteiger partial charge in [0.1, 0.15) is 0 Å². The van der Waals surface area contributed by atoms with Gasteiger partial charge in [0.05, 0.1) is 0 Å². The van der Waals surface area contributed by atoms with Crippen molar-refractivity contribution in [3.05, 3.63) is 139 Å². The third kappa shape index (κ3) is 4.53. The average Bonchev–Trinajstić information content (AvgIpc) is 2.84. The summed E-state index contributed by atoms with van der Waals surface area (Å²) < 4.78 is 0. The molecule has 0 fully saturated rings. The average molecular weight is 403 g/mol. The zero-order chi connectivity index (χ0) is 20.8. The Morgan fingerprint density at radius 1 is 0.533 bits per heavy atom. The molecule has 4 aromatic carbocycles. The Balaban J connectivity index is 1.55. The Morgan fingerprint density at radius 2 is 0.967 bits per heavy atom. The molecule has 0 saturated heterocycles. The molecule has 0 aliphatic carbocycles. The third-order valence-corrected chi connectivity index (χ3v) is 5.46. The molecule has 0 nitrogen and oxygen atoms in total. The van der Waals surface area contributed by atoms with Crippen LogP contribution < -0.4 is 0 Å². The predicted molar refractivity (Wildman–Crippen MR) is 134 cm³/mol. The molecule has 0 radical (unpaired) electrons. The van der Waals surface area contributed by atoms with Gasteiger partial charge < -0.3 is 0 Å². The molecule has 4 rings (SSSR count). The quantitative estimate of drug-likeness (QED) is 0.136. The van der Waals surface area contributed by atoms with E-state index < -0.39 is 0 Å². The second kappa shape index (κ2) is 9.30. The van der Waals surface area contributed by atoms with Crippen LogP contribution in [0.2, 0.25) is 0 Å². The molecule has 0 amide bonds. The van der Waals surface area contributed by atoms with Crippen LogP contribution in [-0.4, -0.2) is 4.86 Å². The number of hydrogen-bond donors (Lipinski definition) is 0. The summed E-state index contributed by atoms with van der Waals surface area (Å²) in [4.78, 5) is 0.811. The molecule has 1 heteroatoms. The summed E-state index contributed by atoms with van der Waals surface area (Å²) in [5.74, 6) is 0. The molecule has 0 aromatic heterocycles. The Labute approximate surface area is 183 Å². The molecule has 0 unspecified atom stereocenters. The number of rotatable bonds is 6. The molecular weight excluding hydrogens is 380 g/mol. The summed E-state index contributed by atoms with van der Waals surface area (Å²) in [6.45, 7) is 3.98. The zero-order valence-electron chi connectivity index (χ0n) is 16.7. The highest BCUT2D eigenvalue weighted by Gasteiger charge is 2.04. The molecule has 0 spiro atoms.